The minimum Gasteiger partial charge on any atom is -0.381 e. The Bertz CT molecular complexity index is 4020. The first-order valence-electron chi connectivity index (χ1n) is 43.7. The van der Waals surface area contributed by atoms with Gasteiger partial charge in [-0.1, -0.05) is 18.0 Å². The normalized spacial score (nSPS) is 13.3. The number of nitrogens with one attached hydrogen (secondary N) is 8. The largest absolute Gasteiger partial charge is 0.381 e. The summed E-state index contributed by atoms with van der Waals surface area (Å²) in [6.07, 6.45) is 31.1. The summed E-state index contributed by atoms with van der Waals surface area (Å²) in [4.78, 5) is 35.3. The fourth-order valence-corrected chi connectivity index (χ4v) is 16.5. The quantitative estimate of drug-likeness (QED) is 0.0130. The fraction of sp³-hybridized carbons (Fsp3) is 0.539. The predicted octanol–water partition coefficient (Wildman–Crippen LogP) is 16.5. The molecule has 15 rings (SSSR count). The molecular formula is C89H151ClN36OS8. The minimum atomic E-state index is 0.668. The highest BCUT2D eigenvalue weighted by atomic mass is 35.5. The van der Waals surface area contributed by atoms with Gasteiger partial charge >= 0.3 is 0 Å². The molecule has 0 bridgehead atoms. The number of thiophene rings is 2. The van der Waals surface area contributed by atoms with Crippen LogP contribution in [0.5, 0.6) is 0 Å². The Morgan fingerprint density at radius 3 is 0.978 bits per heavy atom. The van der Waals surface area contributed by atoms with Gasteiger partial charge in [0.2, 0.25) is 0 Å². The number of hydrogen-bond donors (Lipinski definition) is 8. The lowest BCUT2D eigenvalue weighted by Gasteiger charge is -2.31. The molecule has 7 fully saturated rings. The highest BCUT2D eigenvalue weighted by molar-refractivity contribution is 7.13. The van der Waals surface area contributed by atoms with E-state index in [0.717, 1.165) is 118 Å². The third-order valence-corrected chi connectivity index (χ3v) is 27.0. The summed E-state index contributed by atoms with van der Waals surface area (Å²) >= 11 is 19.2. The van der Waals surface area contributed by atoms with Crippen LogP contribution in [0.2, 0.25) is 5.02 Å². The van der Waals surface area contributed by atoms with E-state index >= 15 is 0 Å². The van der Waals surface area contributed by atoms with Crippen molar-refractivity contribution in [3.8, 4) is 0 Å². The molecule has 0 aromatic carbocycles. The summed E-state index contributed by atoms with van der Waals surface area (Å²) in [6.45, 7) is 73.2. The predicted molar refractivity (Wildman–Crippen MR) is 587 cm³/mol. The number of aryl methyl sites for hydroxylation is 6. The van der Waals surface area contributed by atoms with E-state index in [1.165, 1.54) is 135 Å². The maximum atomic E-state index is 5.89. The van der Waals surface area contributed by atoms with Gasteiger partial charge in [0.25, 0.3) is 0 Å². The molecule has 6 saturated carbocycles. The fourth-order valence-electron chi connectivity index (χ4n) is 10.4. The first-order valence-corrected chi connectivity index (χ1v) is 50.7. The topological polar surface area (TPSA) is 391 Å². The minimum absolute atomic E-state index is 0.668. The molecule has 0 amide bonds. The highest BCUT2D eigenvalue weighted by Crippen LogP contribution is 2.31. The smallest absolute Gasteiger partial charge is 0.114 e. The van der Waals surface area contributed by atoms with Gasteiger partial charge in [-0.25, -0.2) is 24.9 Å². The van der Waals surface area contributed by atoms with Gasteiger partial charge in [-0.05, 0) is 161 Å². The molecule has 8 aromatic rings. The van der Waals surface area contributed by atoms with E-state index in [1.54, 1.807) is 102 Å². The van der Waals surface area contributed by atoms with Gasteiger partial charge in [-0.2, -0.15) is 76.5 Å². The van der Waals surface area contributed by atoms with Crippen LogP contribution >= 0.6 is 102 Å². The van der Waals surface area contributed by atoms with E-state index < -0.39 is 0 Å². The molecule has 8 N–H and O–H groups in total. The summed E-state index contributed by atoms with van der Waals surface area (Å²) in [7, 11) is 13.8. The number of aromatic nitrogens is 6. The van der Waals surface area contributed by atoms with Crippen molar-refractivity contribution in [1.29, 1.82) is 0 Å². The molecule has 9 heterocycles. The second-order valence-electron chi connectivity index (χ2n) is 30.5. The zero-order valence-electron chi connectivity index (χ0n) is 81.9. The average molecular weight is 2030 g/mol. The lowest BCUT2D eigenvalue weighted by atomic mass is 9.85. The van der Waals surface area contributed by atoms with Gasteiger partial charge in [-0.15, -0.1) is 90.7 Å². The van der Waals surface area contributed by atoms with Gasteiger partial charge in [-0.3, -0.25) is 25.0 Å². The number of hydrazone groups is 15. The molecule has 0 radical (unpaired) electrons. The van der Waals surface area contributed by atoms with Crippen molar-refractivity contribution < 1.29 is 4.74 Å². The summed E-state index contributed by atoms with van der Waals surface area (Å²) in [5.41, 5.74) is 23.8. The van der Waals surface area contributed by atoms with Crippen LogP contribution in [0.1, 0.15) is 165 Å². The first-order chi connectivity index (χ1) is 65.1. The molecule has 0 unspecified atom stereocenters. The lowest BCUT2D eigenvalue weighted by Crippen LogP contribution is -2.35. The maximum Gasteiger partial charge on any atom is 0.114 e. The van der Waals surface area contributed by atoms with Crippen molar-refractivity contribution in [3.05, 3.63) is 140 Å². The van der Waals surface area contributed by atoms with Crippen molar-refractivity contribution in [1.82, 2.24) is 108 Å². The van der Waals surface area contributed by atoms with E-state index in [9.17, 15) is 0 Å². The summed E-state index contributed by atoms with van der Waals surface area (Å²) < 4.78 is 4.99. The molecule has 135 heavy (non-hydrogen) atoms. The van der Waals surface area contributed by atoms with E-state index in [2.05, 4.69) is 270 Å². The van der Waals surface area contributed by atoms with E-state index in [1.807, 2.05) is 161 Å². The van der Waals surface area contributed by atoms with Crippen molar-refractivity contribution >= 4 is 203 Å². The molecule has 6 aliphatic carbocycles. The number of nitrogens with zero attached hydrogens (tertiary/aromatic N) is 28. The molecule has 1 aliphatic heterocycles. The molecule has 1 saturated heterocycles. The van der Waals surface area contributed by atoms with Crippen LogP contribution in [0.25, 0.3) is 0 Å². The van der Waals surface area contributed by atoms with Crippen LogP contribution < -0.4 is 43.4 Å². The lowest BCUT2D eigenvalue weighted by molar-refractivity contribution is -0.0433. The zero-order chi connectivity index (χ0) is 100. The van der Waals surface area contributed by atoms with E-state index in [4.69, 9.17) is 16.3 Å². The second-order valence-corrected chi connectivity index (χ2v) is 40.8. The number of ether oxygens (including phenoxy) is 1. The zero-order valence-corrected chi connectivity index (χ0v) is 89.2. The Hall–Kier alpha value is -10.5. The monoisotopic (exact) mass is 2030 g/mol. The van der Waals surface area contributed by atoms with Gasteiger partial charge in [0.1, 0.15) is 15.0 Å². The molecule has 37 nitrogen and oxygen atoms in total. The Morgan fingerprint density at radius 2 is 0.719 bits per heavy atom. The Balaban J connectivity index is 0.000000724. The van der Waals surface area contributed by atoms with Crippen molar-refractivity contribution in [3.63, 3.8) is 0 Å². The van der Waals surface area contributed by atoms with Crippen molar-refractivity contribution in [2.24, 2.45) is 94.3 Å². The number of halogens is 1. The number of rotatable bonds is 41. The van der Waals surface area contributed by atoms with Crippen LogP contribution in [-0.2, 0) is 57.1 Å². The number of thiazole rings is 6. The maximum absolute atomic E-state index is 5.89. The molecule has 0 atom stereocenters. The summed E-state index contributed by atoms with van der Waals surface area (Å²) in [5.74, 6) is 2.51. The molecule has 8 aromatic heterocycles. The first kappa shape index (κ1) is 122. The third-order valence-electron chi connectivity index (χ3n) is 19.3. The van der Waals surface area contributed by atoms with Gasteiger partial charge in [0, 0.05) is 286 Å². The SMILES string of the molecule is C=NN(C)C1CC1.C=NN(C)C1CC1.C=NN(C)C1CCC1.C=NN(C)C1CCC1.C=NN(C)CC1CC1.C=NN(C)CC1CCC1.C=NN(C)CC1COC1.C=NNCc1ccc(C)s1.C=NNCc1cnc(C)s1.C=NNCc1cnc(C)s1.C=NNCc1cncs1.C=NNCc1ncc(C)s1.C=NNCc1ncc(C)s1.C=NNCc1nccs1.C=NNCc1sc(C)cc1Cl. The highest BCUT2D eigenvalue weighted by Gasteiger charge is 2.26. The molecular weight excluding hydrogens is 1880 g/mol. The van der Waals surface area contributed by atoms with Crippen LogP contribution in [-0.4, -0.2) is 272 Å². The van der Waals surface area contributed by atoms with E-state index in [0.29, 0.717) is 44.2 Å². The van der Waals surface area contributed by atoms with Crippen molar-refractivity contribution in [2.45, 2.75) is 214 Å². The van der Waals surface area contributed by atoms with E-state index in [-0.39, 0.29) is 0 Å². The standard InChI is InChI=1S/C7H9ClN2S.C7H10N2S.C7H14N2.4C6H9N3S.C6H12N2O.3C6H12N2.2C5H7N3S.2C5H10N2/c1-5-3-6(8)7(11-5)4-10-9-2;1-6-3-4-7(10-6)5-9-8-2;1-8-9(2)6-7-4-3-5-7;2*1-5-8-3-6(10-5)4-9-7-2;2*1-5-3-8-6(10-5)4-9-7-2;1-7-8(2)3-6-4-9-5-6;1-7-8(2)5-6-3-4-6;2*1-7-8(2)6-4-3-5-6;1-6-8-3-5-2-7-4-9-5;1-6-8-4-5-7-2-3-9-5;2*1-6-7(2)5-3-4-5/h3,10H,2,4H2,1H3;3-4,9H,2,5H2,1H3;7H,1,3-6H2,2H3;4*3,9H,2,4H2,1H3;6H,1,3-5H2,2H3;3*6H,1,3-5H2,2H3;2,4,8H,1,3H2;2-3,8H,1,4H2;2*5H,1,3-4H2,2H3. The molecule has 748 valence electrons. The molecule has 46 heteroatoms. The van der Waals surface area contributed by atoms with Crippen LogP contribution in [0, 0.1) is 59.3 Å². The number of hydrogen-bond acceptors (Lipinski definition) is 45. The van der Waals surface area contributed by atoms with Crippen LogP contribution in [0.3, 0.4) is 0 Å². The third kappa shape index (κ3) is 65.0. The summed E-state index contributed by atoms with van der Waals surface area (Å²) in [5, 5.41) is 75.9. The molecule has 7 aliphatic rings. The summed E-state index contributed by atoms with van der Waals surface area (Å²) in [6, 6.07) is 8.99. The average Bonchev–Trinajstić information content (AvgIpc) is 1.07. The van der Waals surface area contributed by atoms with Crippen LogP contribution in [0.15, 0.2) is 143 Å². The Morgan fingerprint density at radius 1 is 0.348 bits per heavy atom. The Kier molecular flexibility index (Phi) is 71.3. The van der Waals surface area contributed by atoms with Crippen LogP contribution in [0.4, 0.5) is 0 Å². The van der Waals surface area contributed by atoms with Crippen molar-refractivity contribution in [2.75, 3.05) is 82.2 Å². The Labute approximate surface area is 840 Å². The molecule has 0 spiro atoms. The second kappa shape index (κ2) is 78.6. The van der Waals surface area contributed by atoms with Gasteiger partial charge in [0.05, 0.1) is 86.1 Å². The van der Waals surface area contributed by atoms with Gasteiger partial charge < -0.3 is 63.2 Å². The van der Waals surface area contributed by atoms with Gasteiger partial charge in [0.15, 0.2) is 0 Å².